The second-order valence-corrected chi connectivity index (χ2v) is 7.80. The van der Waals surface area contributed by atoms with E-state index >= 15 is 0 Å². The number of aliphatic hydroxyl groups excluding tert-OH is 1. The number of nitrogens with zero attached hydrogens (tertiary/aromatic N) is 1. The first-order valence-electron chi connectivity index (χ1n) is 8.62. The van der Waals surface area contributed by atoms with Crippen LogP contribution in [-0.2, 0) is 0 Å². The monoisotopic (exact) mass is 282 g/mol. The van der Waals surface area contributed by atoms with E-state index < -0.39 is 0 Å². The Hall–Kier alpha value is -0.120. The van der Waals surface area contributed by atoms with Crippen molar-refractivity contribution in [3.63, 3.8) is 0 Å². The predicted molar refractivity (Wildman–Crippen MR) is 84.8 cm³/mol. The van der Waals surface area contributed by atoms with Gasteiger partial charge in [0.05, 0.1) is 6.10 Å². The molecule has 0 aromatic heterocycles. The van der Waals surface area contributed by atoms with Gasteiger partial charge in [0.1, 0.15) is 0 Å². The molecule has 2 atom stereocenters. The third-order valence-electron chi connectivity index (χ3n) is 5.22. The molecule has 2 fully saturated rings. The van der Waals surface area contributed by atoms with Crippen molar-refractivity contribution in [2.24, 2.45) is 17.3 Å². The van der Waals surface area contributed by atoms with Gasteiger partial charge in [-0.2, -0.15) is 0 Å². The van der Waals surface area contributed by atoms with Crippen LogP contribution in [0.2, 0.25) is 0 Å². The molecule has 20 heavy (non-hydrogen) atoms. The van der Waals surface area contributed by atoms with Crippen molar-refractivity contribution in [3.05, 3.63) is 0 Å². The van der Waals surface area contributed by atoms with Crippen molar-refractivity contribution in [2.75, 3.05) is 32.7 Å². The van der Waals surface area contributed by atoms with Crippen LogP contribution in [0.5, 0.6) is 0 Å². The maximum Gasteiger partial charge on any atom is 0.0590 e. The minimum absolute atomic E-state index is 0.0788. The molecule has 2 unspecified atom stereocenters. The highest BCUT2D eigenvalue weighted by molar-refractivity contribution is 4.91. The molecule has 1 heterocycles. The van der Waals surface area contributed by atoms with Gasteiger partial charge >= 0.3 is 0 Å². The number of likely N-dealkylation sites (tertiary alicyclic amines) is 1. The first kappa shape index (κ1) is 16.3. The minimum Gasteiger partial charge on any atom is -0.393 e. The normalized spacial score (nSPS) is 31.1. The van der Waals surface area contributed by atoms with Crippen LogP contribution in [0.4, 0.5) is 0 Å². The average Bonchev–Trinajstić information content (AvgIpc) is 2.82. The summed E-state index contributed by atoms with van der Waals surface area (Å²) in [4.78, 5) is 2.61. The van der Waals surface area contributed by atoms with Gasteiger partial charge in [-0.05, 0) is 43.1 Å². The largest absolute Gasteiger partial charge is 0.393 e. The highest BCUT2D eigenvalue weighted by Gasteiger charge is 2.37. The average molecular weight is 282 g/mol. The highest BCUT2D eigenvalue weighted by Crippen LogP contribution is 2.39. The fourth-order valence-corrected chi connectivity index (χ4v) is 3.98. The Morgan fingerprint density at radius 2 is 2.00 bits per heavy atom. The lowest BCUT2D eigenvalue weighted by atomic mass is 9.84. The van der Waals surface area contributed by atoms with E-state index in [-0.39, 0.29) is 6.10 Å². The van der Waals surface area contributed by atoms with Crippen LogP contribution in [0.1, 0.15) is 52.9 Å². The van der Waals surface area contributed by atoms with Gasteiger partial charge in [0.25, 0.3) is 0 Å². The summed E-state index contributed by atoms with van der Waals surface area (Å²) in [6.45, 7) is 12.5. The standard InChI is InChI=1S/C17H34N2O/c1-14(2)10-18-12-17(7-4-5-8-17)13-19-9-6-16(20)15(3)11-19/h14-16,18,20H,4-13H2,1-3H3. The Bertz CT molecular complexity index is 287. The van der Waals surface area contributed by atoms with Crippen molar-refractivity contribution in [2.45, 2.75) is 59.0 Å². The van der Waals surface area contributed by atoms with E-state index in [0.29, 0.717) is 11.3 Å². The van der Waals surface area contributed by atoms with Crippen LogP contribution in [0, 0.1) is 17.3 Å². The Kier molecular flexibility index (Phi) is 5.88. The summed E-state index contributed by atoms with van der Waals surface area (Å²) in [7, 11) is 0. The lowest BCUT2D eigenvalue weighted by molar-refractivity contribution is 0.0167. The Morgan fingerprint density at radius 3 is 2.60 bits per heavy atom. The molecule has 0 aromatic rings. The van der Waals surface area contributed by atoms with Gasteiger partial charge in [-0.1, -0.05) is 33.6 Å². The van der Waals surface area contributed by atoms with Crippen LogP contribution in [-0.4, -0.2) is 48.8 Å². The molecule has 0 spiro atoms. The van der Waals surface area contributed by atoms with Crippen molar-refractivity contribution in [1.82, 2.24) is 10.2 Å². The van der Waals surface area contributed by atoms with E-state index in [1.54, 1.807) is 0 Å². The Morgan fingerprint density at radius 1 is 1.30 bits per heavy atom. The zero-order valence-corrected chi connectivity index (χ0v) is 13.7. The Labute approximate surface area is 125 Å². The molecule has 1 saturated carbocycles. The molecular formula is C17H34N2O. The van der Waals surface area contributed by atoms with Gasteiger partial charge in [-0.3, -0.25) is 0 Å². The molecule has 2 aliphatic rings. The lowest BCUT2D eigenvalue weighted by Crippen LogP contribution is -2.49. The Balaban J connectivity index is 1.85. The van der Waals surface area contributed by atoms with Gasteiger partial charge in [0.15, 0.2) is 0 Å². The summed E-state index contributed by atoms with van der Waals surface area (Å²) in [6.07, 6.45) is 6.43. The van der Waals surface area contributed by atoms with E-state index in [1.807, 2.05) is 0 Å². The highest BCUT2D eigenvalue weighted by atomic mass is 16.3. The molecule has 0 aromatic carbocycles. The molecule has 0 amide bonds. The summed E-state index contributed by atoms with van der Waals surface area (Å²) in [6, 6.07) is 0. The number of piperidine rings is 1. The number of hydrogen-bond donors (Lipinski definition) is 2. The number of hydrogen-bond acceptors (Lipinski definition) is 3. The van der Waals surface area contributed by atoms with E-state index in [2.05, 4.69) is 31.0 Å². The van der Waals surface area contributed by atoms with Crippen molar-refractivity contribution < 1.29 is 5.11 Å². The summed E-state index contributed by atoms with van der Waals surface area (Å²) in [5, 5.41) is 13.6. The maximum atomic E-state index is 9.88. The third kappa shape index (κ3) is 4.44. The third-order valence-corrected chi connectivity index (χ3v) is 5.22. The first-order valence-corrected chi connectivity index (χ1v) is 8.62. The quantitative estimate of drug-likeness (QED) is 0.786. The SMILES string of the molecule is CC(C)CNCC1(CN2CCC(O)C(C)C2)CCCC1. The second kappa shape index (κ2) is 7.24. The van der Waals surface area contributed by atoms with E-state index in [9.17, 15) is 5.11 Å². The predicted octanol–water partition coefficient (Wildman–Crippen LogP) is 2.50. The van der Waals surface area contributed by atoms with Gasteiger partial charge in [-0.15, -0.1) is 0 Å². The lowest BCUT2D eigenvalue weighted by Gasteiger charge is -2.40. The smallest absolute Gasteiger partial charge is 0.0590 e. The molecule has 2 rings (SSSR count). The maximum absolute atomic E-state index is 9.88. The van der Waals surface area contributed by atoms with Crippen molar-refractivity contribution in [1.29, 1.82) is 0 Å². The molecule has 2 N–H and O–H groups in total. The van der Waals surface area contributed by atoms with E-state index in [1.165, 1.54) is 38.8 Å². The zero-order valence-electron chi connectivity index (χ0n) is 13.7. The van der Waals surface area contributed by atoms with E-state index in [0.717, 1.165) is 32.0 Å². The van der Waals surface area contributed by atoms with Gasteiger partial charge < -0.3 is 15.3 Å². The molecule has 3 heteroatoms. The van der Waals surface area contributed by atoms with Crippen LogP contribution in [0.15, 0.2) is 0 Å². The molecule has 0 bridgehead atoms. The topological polar surface area (TPSA) is 35.5 Å². The summed E-state index contributed by atoms with van der Waals surface area (Å²) in [5.74, 6) is 1.17. The fraction of sp³-hybridized carbons (Fsp3) is 1.00. The van der Waals surface area contributed by atoms with Crippen molar-refractivity contribution >= 4 is 0 Å². The molecule has 1 aliphatic heterocycles. The minimum atomic E-state index is -0.0788. The van der Waals surface area contributed by atoms with Crippen molar-refractivity contribution in [3.8, 4) is 0 Å². The van der Waals surface area contributed by atoms with Gasteiger partial charge in [-0.25, -0.2) is 0 Å². The fourth-order valence-electron chi connectivity index (χ4n) is 3.98. The van der Waals surface area contributed by atoms with Gasteiger partial charge in [0, 0.05) is 26.2 Å². The summed E-state index contributed by atoms with van der Waals surface area (Å²) >= 11 is 0. The van der Waals surface area contributed by atoms with Crippen LogP contribution in [0.25, 0.3) is 0 Å². The molecule has 1 saturated heterocycles. The number of rotatable bonds is 6. The molecule has 0 radical (unpaired) electrons. The summed E-state index contributed by atoms with van der Waals surface area (Å²) < 4.78 is 0. The van der Waals surface area contributed by atoms with Crippen LogP contribution >= 0.6 is 0 Å². The number of nitrogens with one attached hydrogen (secondary N) is 1. The molecular weight excluding hydrogens is 248 g/mol. The zero-order chi connectivity index (χ0) is 14.6. The molecule has 118 valence electrons. The number of aliphatic hydroxyl groups is 1. The van der Waals surface area contributed by atoms with Crippen LogP contribution in [0.3, 0.4) is 0 Å². The van der Waals surface area contributed by atoms with Crippen LogP contribution < -0.4 is 5.32 Å². The molecule has 3 nitrogen and oxygen atoms in total. The second-order valence-electron chi connectivity index (χ2n) is 7.80. The van der Waals surface area contributed by atoms with E-state index in [4.69, 9.17) is 0 Å². The first-order chi connectivity index (χ1) is 9.51. The molecule has 1 aliphatic carbocycles. The van der Waals surface area contributed by atoms with Gasteiger partial charge in [0.2, 0.25) is 0 Å². The summed E-state index contributed by atoms with van der Waals surface area (Å²) in [5.41, 5.74) is 0.497.